The van der Waals surface area contributed by atoms with Crippen LogP contribution in [0.15, 0.2) is 12.3 Å². The molecule has 1 N–H and O–H groups in total. The second kappa shape index (κ2) is 3.34. The maximum absolute atomic E-state index is 11.0. The topological polar surface area (TPSA) is 67.5 Å². The van der Waals surface area contributed by atoms with E-state index in [9.17, 15) is 4.79 Å². The van der Waals surface area contributed by atoms with Crippen LogP contribution in [0.3, 0.4) is 0 Å². The highest BCUT2D eigenvalue weighted by atomic mass is 16.4. The summed E-state index contributed by atoms with van der Waals surface area (Å²) in [6.45, 7) is 3.76. The molecule has 0 atom stereocenters. The maximum Gasteiger partial charge on any atom is 0.354 e. The van der Waals surface area contributed by atoms with Gasteiger partial charge in [0.05, 0.1) is 6.20 Å². The number of hydrogen-bond acceptors (Lipinski definition) is 3. The molecule has 0 aliphatic carbocycles. The summed E-state index contributed by atoms with van der Waals surface area (Å²) in [4.78, 5) is 15.3. The van der Waals surface area contributed by atoms with Crippen LogP contribution in [0.1, 0.15) is 28.7 Å². The molecule has 15 heavy (non-hydrogen) atoms. The van der Waals surface area contributed by atoms with Crippen LogP contribution in [-0.4, -0.2) is 25.7 Å². The zero-order chi connectivity index (χ0) is 11.0. The van der Waals surface area contributed by atoms with Crippen molar-refractivity contribution >= 4 is 11.6 Å². The van der Waals surface area contributed by atoms with E-state index in [2.05, 4.69) is 10.1 Å². The predicted molar refractivity (Wildman–Crippen MR) is 54.1 cm³/mol. The quantitative estimate of drug-likeness (QED) is 0.802. The van der Waals surface area contributed by atoms with Crippen LogP contribution >= 0.6 is 0 Å². The minimum atomic E-state index is -0.990. The third-order valence-electron chi connectivity index (χ3n) is 2.27. The van der Waals surface area contributed by atoms with Gasteiger partial charge in [0.25, 0.3) is 0 Å². The lowest BCUT2D eigenvalue weighted by Crippen LogP contribution is -2.08. The van der Waals surface area contributed by atoms with Gasteiger partial charge in [-0.25, -0.2) is 14.3 Å². The van der Waals surface area contributed by atoms with E-state index >= 15 is 0 Å². The summed E-state index contributed by atoms with van der Waals surface area (Å²) in [5.41, 5.74) is 2.43. The highest BCUT2D eigenvalue weighted by Crippen LogP contribution is 2.12. The van der Waals surface area contributed by atoms with E-state index in [1.807, 2.05) is 6.92 Å². The van der Waals surface area contributed by atoms with Gasteiger partial charge in [0.15, 0.2) is 11.3 Å². The Labute approximate surface area is 86.4 Å². The summed E-state index contributed by atoms with van der Waals surface area (Å²) in [6, 6.07) is 1.52. The molecule has 0 fully saturated rings. The Hall–Kier alpha value is -1.91. The first kappa shape index (κ1) is 9.64. The molecule has 0 unspecified atom stereocenters. The minimum absolute atomic E-state index is 0.150. The molecule has 0 bridgehead atoms. The largest absolute Gasteiger partial charge is 0.477 e. The molecule has 0 spiro atoms. The summed E-state index contributed by atoms with van der Waals surface area (Å²) in [7, 11) is 0. The summed E-state index contributed by atoms with van der Waals surface area (Å²) < 4.78 is 1.37. The fourth-order valence-corrected chi connectivity index (χ4v) is 1.53. The molecule has 2 aromatic rings. The van der Waals surface area contributed by atoms with Crippen molar-refractivity contribution in [2.24, 2.45) is 0 Å². The van der Waals surface area contributed by atoms with Crippen molar-refractivity contribution in [3.05, 3.63) is 29.2 Å². The summed E-state index contributed by atoms with van der Waals surface area (Å²) in [6.07, 6.45) is 2.45. The number of carboxylic acid groups (broad SMARTS) is 1. The Balaban J connectivity index is 2.82. The smallest absolute Gasteiger partial charge is 0.354 e. The van der Waals surface area contributed by atoms with Crippen molar-refractivity contribution in [1.29, 1.82) is 0 Å². The van der Waals surface area contributed by atoms with Crippen LogP contribution in [0.5, 0.6) is 0 Å². The van der Waals surface area contributed by atoms with Crippen molar-refractivity contribution in [2.75, 3.05) is 0 Å². The molecule has 2 aromatic heterocycles. The third kappa shape index (κ3) is 1.45. The molecule has 0 saturated heterocycles. The van der Waals surface area contributed by atoms with Crippen molar-refractivity contribution in [2.45, 2.75) is 20.3 Å². The third-order valence-corrected chi connectivity index (χ3v) is 2.27. The lowest BCUT2D eigenvalue weighted by atomic mass is 10.2. The van der Waals surface area contributed by atoms with Crippen LogP contribution < -0.4 is 0 Å². The number of hydrogen-bond donors (Lipinski definition) is 1. The van der Waals surface area contributed by atoms with Crippen molar-refractivity contribution in [1.82, 2.24) is 14.6 Å². The Morgan fingerprint density at radius 1 is 1.60 bits per heavy atom. The number of rotatable bonds is 2. The molecule has 0 amide bonds. The van der Waals surface area contributed by atoms with Crippen molar-refractivity contribution < 1.29 is 9.90 Å². The summed E-state index contributed by atoms with van der Waals surface area (Å²) >= 11 is 0. The Kier molecular flexibility index (Phi) is 2.15. The molecule has 5 nitrogen and oxygen atoms in total. The van der Waals surface area contributed by atoms with Crippen LogP contribution in [-0.2, 0) is 6.42 Å². The fourth-order valence-electron chi connectivity index (χ4n) is 1.53. The number of aryl methyl sites for hydroxylation is 2. The molecule has 0 saturated carbocycles. The average molecular weight is 205 g/mol. The number of carboxylic acids is 1. The monoisotopic (exact) mass is 205 g/mol. The highest BCUT2D eigenvalue weighted by molar-refractivity contribution is 5.86. The molecular weight excluding hydrogens is 194 g/mol. The number of nitrogens with zero attached hydrogens (tertiary/aromatic N) is 3. The Morgan fingerprint density at radius 3 is 2.93 bits per heavy atom. The van der Waals surface area contributed by atoms with Crippen LogP contribution in [0.25, 0.3) is 5.65 Å². The first-order valence-corrected chi connectivity index (χ1v) is 4.71. The van der Waals surface area contributed by atoms with E-state index in [1.54, 1.807) is 13.1 Å². The molecule has 78 valence electrons. The van der Waals surface area contributed by atoms with Gasteiger partial charge in [-0.05, 0) is 19.4 Å². The van der Waals surface area contributed by atoms with Crippen molar-refractivity contribution in [3.8, 4) is 0 Å². The van der Waals surface area contributed by atoms with Crippen LogP contribution in [0, 0.1) is 6.92 Å². The van der Waals surface area contributed by atoms with Gasteiger partial charge < -0.3 is 5.11 Å². The van der Waals surface area contributed by atoms with Gasteiger partial charge in [0, 0.05) is 11.3 Å². The Morgan fingerprint density at radius 2 is 2.33 bits per heavy atom. The van der Waals surface area contributed by atoms with Crippen LogP contribution in [0.4, 0.5) is 0 Å². The predicted octanol–water partition coefficient (Wildman–Crippen LogP) is 1.30. The van der Waals surface area contributed by atoms with Gasteiger partial charge in [-0.2, -0.15) is 5.10 Å². The second-order valence-electron chi connectivity index (χ2n) is 3.35. The number of fused-ring (bicyclic) bond motifs is 1. The van der Waals surface area contributed by atoms with Gasteiger partial charge in [0.2, 0.25) is 0 Å². The zero-order valence-corrected chi connectivity index (χ0v) is 8.56. The van der Waals surface area contributed by atoms with E-state index in [0.29, 0.717) is 11.3 Å². The number of aromatic carboxylic acids is 1. The van der Waals surface area contributed by atoms with Gasteiger partial charge in [0.1, 0.15) is 0 Å². The van der Waals surface area contributed by atoms with E-state index in [0.717, 1.165) is 12.0 Å². The van der Waals surface area contributed by atoms with E-state index in [-0.39, 0.29) is 5.69 Å². The molecular formula is C10H11N3O2. The molecule has 0 aliphatic heterocycles. The highest BCUT2D eigenvalue weighted by Gasteiger charge is 2.13. The standard InChI is InChI=1S/C10H11N3O2/c1-3-7-5-11-13-8(10(14)15)4-6(2)12-9(7)13/h4-5H,3H2,1-2H3,(H,14,15). The lowest BCUT2D eigenvalue weighted by Gasteiger charge is -2.01. The second-order valence-corrected chi connectivity index (χ2v) is 3.35. The molecule has 5 heteroatoms. The van der Waals surface area contributed by atoms with E-state index in [4.69, 9.17) is 5.11 Å². The summed E-state index contributed by atoms with van der Waals surface area (Å²) in [5.74, 6) is -0.990. The van der Waals surface area contributed by atoms with E-state index in [1.165, 1.54) is 10.6 Å². The van der Waals surface area contributed by atoms with Gasteiger partial charge in [-0.15, -0.1) is 0 Å². The molecule has 0 radical (unpaired) electrons. The number of carbonyl (C=O) groups is 1. The Bertz CT molecular complexity index is 531. The minimum Gasteiger partial charge on any atom is -0.477 e. The zero-order valence-electron chi connectivity index (χ0n) is 8.56. The average Bonchev–Trinajstić information content (AvgIpc) is 2.58. The fraction of sp³-hybridized carbons (Fsp3) is 0.300. The SMILES string of the molecule is CCc1cnn2c(C(=O)O)cc(C)nc12. The molecule has 0 aliphatic rings. The van der Waals surface area contributed by atoms with Gasteiger partial charge in [-0.1, -0.05) is 6.92 Å². The van der Waals surface area contributed by atoms with E-state index < -0.39 is 5.97 Å². The first-order valence-electron chi connectivity index (χ1n) is 4.71. The van der Waals surface area contributed by atoms with Crippen molar-refractivity contribution in [3.63, 3.8) is 0 Å². The molecule has 2 rings (SSSR count). The summed E-state index contributed by atoms with van der Waals surface area (Å²) in [5, 5.41) is 13.0. The van der Waals surface area contributed by atoms with Gasteiger partial charge >= 0.3 is 5.97 Å². The van der Waals surface area contributed by atoms with Crippen LogP contribution in [0.2, 0.25) is 0 Å². The number of aromatic nitrogens is 3. The molecule has 0 aromatic carbocycles. The van der Waals surface area contributed by atoms with Gasteiger partial charge in [-0.3, -0.25) is 0 Å². The lowest BCUT2D eigenvalue weighted by molar-refractivity contribution is 0.0687. The normalized spacial score (nSPS) is 10.8. The maximum atomic E-state index is 11.0. The first-order chi connectivity index (χ1) is 7.13. The molecule has 2 heterocycles.